The highest BCUT2D eigenvalue weighted by Crippen LogP contribution is 2.51. The Bertz CT molecular complexity index is 1260. The topological polar surface area (TPSA) is 57.2 Å². The zero-order valence-electron chi connectivity index (χ0n) is 19.6. The van der Waals surface area contributed by atoms with Crippen LogP contribution in [0.3, 0.4) is 0 Å². The largest absolute Gasteiger partial charge is 0.485 e. The van der Waals surface area contributed by atoms with Gasteiger partial charge in [-0.25, -0.2) is 0 Å². The van der Waals surface area contributed by atoms with Gasteiger partial charge in [-0.2, -0.15) is 0 Å². The van der Waals surface area contributed by atoms with Gasteiger partial charge in [0.25, 0.3) is 0 Å². The highest BCUT2D eigenvalue weighted by atomic mass is 16.6. The van der Waals surface area contributed by atoms with E-state index in [0.29, 0.717) is 42.6 Å². The summed E-state index contributed by atoms with van der Waals surface area (Å²) in [6.07, 6.45) is -1.04. The summed E-state index contributed by atoms with van der Waals surface area (Å²) >= 11 is 0. The number of ether oxygens (including phenoxy) is 4. The predicted molar refractivity (Wildman–Crippen MR) is 133 cm³/mol. The minimum absolute atomic E-state index is 0.238. The average Bonchev–Trinajstić information content (AvgIpc) is 3.30. The molecule has 1 heterocycles. The second kappa shape index (κ2) is 10.6. The van der Waals surface area contributed by atoms with Crippen LogP contribution >= 0.6 is 0 Å². The van der Waals surface area contributed by atoms with Crippen molar-refractivity contribution in [3.63, 3.8) is 0 Å². The monoisotopic (exact) mass is 468 g/mol. The minimum Gasteiger partial charge on any atom is -0.485 e. The smallest absolute Gasteiger partial charge is 0.204 e. The highest BCUT2D eigenvalue weighted by Gasteiger charge is 2.33. The van der Waals surface area contributed by atoms with Crippen molar-refractivity contribution >= 4 is 0 Å². The predicted octanol–water partition coefficient (Wildman–Crippen LogP) is 6.25. The van der Waals surface area contributed by atoms with Crippen molar-refractivity contribution in [2.45, 2.75) is 39.6 Å². The zero-order valence-corrected chi connectivity index (χ0v) is 19.6. The van der Waals surface area contributed by atoms with Crippen molar-refractivity contribution in [3.8, 4) is 17.2 Å². The molecule has 1 aliphatic heterocycles. The van der Waals surface area contributed by atoms with E-state index in [1.165, 1.54) is 0 Å². The third kappa shape index (κ3) is 5.16. The summed E-state index contributed by atoms with van der Waals surface area (Å²) in [5, 5.41) is 10.6. The van der Waals surface area contributed by atoms with E-state index < -0.39 is 6.29 Å². The molecule has 35 heavy (non-hydrogen) atoms. The Morgan fingerprint density at radius 1 is 0.657 bits per heavy atom. The SMILES string of the molecule is Cc1c(OCc2ccccc2)c(OCc2ccccc2)c(OCc2ccccc2)c2c1C(O)OC2. The van der Waals surface area contributed by atoms with Crippen LogP contribution < -0.4 is 14.2 Å². The molecule has 5 rings (SSSR count). The lowest BCUT2D eigenvalue weighted by atomic mass is 10.00. The van der Waals surface area contributed by atoms with Gasteiger partial charge in [-0.1, -0.05) is 91.0 Å². The Hall–Kier alpha value is -3.80. The Balaban J connectivity index is 1.55. The maximum Gasteiger partial charge on any atom is 0.204 e. The van der Waals surface area contributed by atoms with Gasteiger partial charge in [-0.3, -0.25) is 0 Å². The molecule has 4 aromatic rings. The average molecular weight is 469 g/mol. The third-order valence-corrected chi connectivity index (χ3v) is 6.07. The van der Waals surface area contributed by atoms with Gasteiger partial charge in [-0.05, 0) is 23.6 Å². The molecule has 0 bridgehead atoms. The van der Waals surface area contributed by atoms with Crippen LogP contribution in [0.25, 0.3) is 0 Å². The molecule has 5 heteroatoms. The van der Waals surface area contributed by atoms with Crippen LogP contribution in [-0.4, -0.2) is 5.11 Å². The summed E-state index contributed by atoms with van der Waals surface area (Å²) in [6, 6.07) is 29.9. The lowest BCUT2D eigenvalue weighted by Crippen LogP contribution is -2.09. The first-order chi connectivity index (χ1) is 17.2. The van der Waals surface area contributed by atoms with Gasteiger partial charge in [0.1, 0.15) is 19.8 Å². The van der Waals surface area contributed by atoms with Crippen LogP contribution in [0.1, 0.15) is 39.7 Å². The maximum atomic E-state index is 10.6. The summed E-state index contributed by atoms with van der Waals surface area (Å²) in [5.74, 6) is 1.62. The fourth-order valence-electron chi connectivity index (χ4n) is 4.25. The van der Waals surface area contributed by atoms with Crippen molar-refractivity contribution in [3.05, 3.63) is 124 Å². The molecule has 0 radical (unpaired) electrons. The fraction of sp³-hybridized carbons (Fsp3) is 0.200. The Kier molecular flexibility index (Phi) is 6.98. The highest BCUT2D eigenvalue weighted by molar-refractivity contribution is 5.64. The first-order valence-corrected chi connectivity index (χ1v) is 11.7. The van der Waals surface area contributed by atoms with Gasteiger partial charge >= 0.3 is 0 Å². The standard InChI is InChI=1S/C30H28O5/c1-21-26-25(20-35-30(26)31)28(33-18-23-13-7-3-8-14-23)29(34-19-24-15-9-4-10-16-24)27(21)32-17-22-11-5-2-6-12-22/h2-16,30-31H,17-20H2,1H3. The molecule has 0 spiro atoms. The zero-order chi connectivity index (χ0) is 24.0. The lowest BCUT2D eigenvalue weighted by Gasteiger charge is -2.22. The van der Waals surface area contributed by atoms with E-state index in [1.54, 1.807) is 0 Å². The summed E-state index contributed by atoms with van der Waals surface area (Å²) in [7, 11) is 0. The molecule has 178 valence electrons. The molecular weight excluding hydrogens is 440 g/mol. The molecule has 5 nitrogen and oxygen atoms in total. The van der Waals surface area contributed by atoms with Crippen LogP contribution in [-0.2, 0) is 31.2 Å². The van der Waals surface area contributed by atoms with E-state index in [-0.39, 0.29) is 6.61 Å². The van der Waals surface area contributed by atoms with Crippen molar-refractivity contribution in [2.75, 3.05) is 0 Å². The second-order valence-electron chi connectivity index (χ2n) is 8.49. The van der Waals surface area contributed by atoms with Crippen LogP contribution in [0.5, 0.6) is 17.2 Å². The molecule has 0 saturated carbocycles. The van der Waals surface area contributed by atoms with Gasteiger partial charge in [-0.15, -0.1) is 0 Å². The van der Waals surface area contributed by atoms with Crippen LogP contribution in [0, 0.1) is 6.92 Å². The number of benzene rings is 4. The number of fused-ring (bicyclic) bond motifs is 1. The summed E-state index contributed by atoms with van der Waals surface area (Å²) in [5.41, 5.74) is 5.36. The minimum atomic E-state index is -1.04. The Labute approximate surface area is 205 Å². The van der Waals surface area contributed by atoms with Gasteiger partial charge in [0.05, 0.1) is 6.61 Å². The van der Waals surface area contributed by atoms with Gasteiger partial charge in [0.2, 0.25) is 5.75 Å². The van der Waals surface area contributed by atoms with Gasteiger partial charge in [0, 0.05) is 16.7 Å². The second-order valence-corrected chi connectivity index (χ2v) is 8.49. The molecule has 1 unspecified atom stereocenters. The fourth-order valence-corrected chi connectivity index (χ4v) is 4.25. The molecule has 0 aromatic heterocycles. The van der Waals surface area contributed by atoms with E-state index in [1.807, 2.05) is 97.9 Å². The molecule has 0 amide bonds. The number of hydrogen-bond acceptors (Lipinski definition) is 5. The van der Waals surface area contributed by atoms with Crippen molar-refractivity contribution in [1.82, 2.24) is 0 Å². The van der Waals surface area contributed by atoms with E-state index in [2.05, 4.69) is 0 Å². The molecule has 1 atom stereocenters. The van der Waals surface area contributed by atoms with Crippen molar-refractivity contribution in [2.24, 2.45) is 0 Å². The number of aliphatic hydroxyl groups is 1. The molecule has 1 N–H and O–H groups in total. The van der Waals surface area contributed by atoms with E-state index in [0.717, 1.165) is 27.8 Å². The van der Waals surface area contributed by atoms with Gasteiger partial charge < -0.3 is 24.1 Å². The van der Waals surface area contributed by atoms with Crippen LogP contribution in [0.2, 0.25) is 0 Å². The normalized spacial score (nSPS) is 14.4. The maximum absolute atomic E-state index is 10.6. The van der Waals surface area contributed by atoms with Crippen LogP contribution in [0.4, 0.5) is 0 Å². The van der Waals surface area contributed by atoms with E-state index in [9.17, 15) is 5.11 Å². The molecule has 0 fully saturated rings. The molecule has 0 aliphatic carbocycles. The molecule has 4 aromatic carbocycles. The lowest BCUT2D eigenvalue weighted by molar-refractivity contribution is -0.0922. The van der Waals surface area contributed by atoms with Crippen molar-refractivity contribution < 1.29 is 24.1 Å². The van der Waals surface area contributed by atoms with E-state index in [4.69, 9.17) is 18.9 Å². The Morgan fingerprint density at radius 2 is 1.09 bits per heavy atom. The van der Waals surface area contributed by atoms with Crippen LogP contribution in [0.15, 0.2) is 91.0 Å². The molecule has 1 aliphatic rings. The molecule has 0 saturated heterocycles. The first kappa shape index (κ1) is 23.0. The summed E-state index contributed by atoms with van der Waals surface area (Å²) < 4.78 is 24.7. The number of aliphatic hydroxyl groups excluding tert-OH is 1. The van der Waals surface area contributed by atoms with Crippen molar-refractivity contribution in [1.29, 1.82) is 0 Å². The third-order valence-electron chi connectivity index (χ3n) is 6.07. The quantitative estimate of drug-likeness (QED) is 0.315. The molecular formula is C30H28O5. The summed E-state index contributed by atoms with van der Waals surface area (Å²) in [6.45, 7) is 3.23. The number of hydrogen-bond donors (Lipinski definition) is 1. The van der Waals surface area contributed by atoms with E-state index >= 15 is 0 Å². The summed E-state index contributed by atoms with van der Waals surface area (Å²) in [4.78, 5) is 0. The first-order valence-electron chi connectivity index (χ1n) is 11.7. The van der Waals surface area contributed by atoms with Gasteiger partial charge in [0.15, 0.2) is 17.8 Å². The number of rotatable bonds is 9. The Morgan fingerprint density at radius 3 is 1.57 bits per heavy atom.